The van der Waals surface area contributed by atoms with E-state index in [0.29, 0.717) is 17.5 Å². The maximum Gasteiger partial charge on any atom is 0.164 e. The maximum absolute atomic E-state index is 5.20. The second-order valence-corrected chi connectivity index (χ2v) is 13.2. The number of fused-ring (bicyclic) bond motifs is 7. The number of hydrogen-bond donors (Lipinski definition) is 0. The van der Waals surface area contributed by atoms with Crippen LogP contribution in [0.15, 0.2) is 170 Å². The van der Waals surface area contributed by atoms with Crippen molar-refractivity contribution in [1.82, 2.24) is 19.5 Å². The van der Waals surface area contributed by atoms with Crippen molar-refractivity contribution in [2.75, 3.05) is 0 Å². The molecule has 0 N–H and O–H groups in total. The summed E-state index contributed by atoms with van der Waals surface area (Å²) in [6.07, 6.45) is 0. The highest BCUT2D eigenvalue weighted by atomic mass is 15.0. The van der Waals surface area contributed by atoms with Crippen molar-refractivity contribution in [1.29, 1.82) is 0 Å². The lowest BCUT2D eigenvalue weighted by Crippen LogP contribution is -2.01. The minimum atomic E-state index is 0.653. The Labute approximate surface area is 294 Å². The third-order valence-corrected chi connectivity index (χ3v) is 10.4. The van der Waals surface area contributed by atoms with E-state index in [9.17, 15) is 0 Å². The molecule has 8 aromatic carbocycles. The summed E-state index contributed by atoms with van der Waals surface area (Å²) < 4.78 is 2.36. The Kier molecular flexibility index (Phi) is 5.92. The summed E-state index contributed by atoms with van der Waals surface area (Å²) in [5.41, 5.74) is 11.4. The molecule has 0 amide bonds. The molecule has 2 aromatic heterocycles. The van der Waals surface area contributed by atoms with Crippen molar-refractivity contribution in [3.8, 4) is 62.1 Å². The summed E-state index contributed by atoms with van der Waals surface area (Å²) in [7, 11) is 0. The third-order valence-electron chi connectivity index (χ3n) is 10.4. The number of aromatic nitrogens is 4. The minimum Gasteiger partial charge on any atom is -0.309 e. The molecule has 0 spiro atoms. The van der Waals surface area contributed by atoms with Gasteiger partial charge in [-0.05, 0) is 74.1 Å². The summed E-state index contributed by atoms with van der Waals surface area (Å²) in [5.74, 6) is 1.96. The number of hydrogen-bond acceptors (Lipinski definition) is 3. The predicted octanol–water partition coefficient (Wildman–Crippen LogP) is 11.9. The second-order valence-electron chi connectivity index (χ2n) is 13.2. The molecule has 0 saturated carbocycles. The first kappa shape index (κ1) is 28.0. The van der Waals surface area contributed by atoms with Gasteiger partial charge in [-0.25, -0.2) is 15.0 Å². The lowest BCUT2D eigenvalue weighted by molar-refractivity contribution is 1.08. The van der Waals surface area contributed by atoms with Crippen molar-refractivity contribution in [3.63, 3.8) is 0 Å². The van der Waals surface area contributed by atoms with Gasteiger partial charge in [-0.3, -0.25) is 0 Å². The molecule has 1 aliphatic rings. The van der Waals surface area contributed by atoms with Gasteiger partial charge < -0.3 is 4.57 Å². The summed E-state index contributed by atoms with van der Waals surface area (Å²) in [6.45, 7) is 0. The first-order valence-corrected chi connectivity index (χ1v) is 17.3. The number of nitrogens with zero attached hydrogens (tertiary/aromatic N) is 4. The maximum atomic E-state index is 5.20. The topological polar surface area (TPSA) is 43.6 Å². The fourth-order valence-corrected chi connectivity index (χ4v) is 8.08. The molecule has 11 rings (SSSR count). The zero-order valence-corrected chi connectivity index (χ0v) is 27.5. The van der Waals surface area contributed by atoms with Gasteiger partial charge >= 0.3 is 0 Å². The van der Waals surface area contributed by atoms with E-state index in [1.807, 2.05) is 18.2 Å². The van der Waals surface area contributed by atoms with E-state index in [-0.39, 0.29) is 0 Å². The standard InChI is InChI=1S/C47H28N4/c1-2-11-30(12-3-1)45-48-46(32-23-25-35-38-18-8-13-29-14-9-19-39(44(29)38)41(35)28-32)50-47(49-45)40-20-10-15-31-27-33(24-26-34(31)40)51-42-21-6-4-16-36(42)37-17-5-7-22-43(37)51/h1-28H. The fourth-order valence-electron chi connectivity index (χ4n) is 8.08. The van der Waals surface area contributed by atoms with Gasteiger partial charge in [-0.1, -0.05) is 140 Å². The lowest BCUT2D eigenvalue weighted by Gasteiger charge is -2.13. The molecule has 0 bridgehead atoms. The average molecular weight is 649 g/mol. The minimum absolute atomic E-state index is 0.653. The molecule has 0 aliphatic heterocycles. The summed E-state index contributed by atoms with van der Waals surface area (Å²) in [5, 5.41) is 7.28. The van der Waals surface area contributed by atoms with Crippen LogP contribution in [0, 0.1) is 0 Å². The zero-order chi connectivity index (χ0) is 33.5. The molecular weight excluding hydrogens is 621 g/mol. The Morgan fingerprint density at radius 2 is 0.941 bits per heavy atom. The number of rotatable bonds is 4. The molecule has 0 atom stereocenters. The zero-order valence-electron chi connectivity index (χ0n) is 27.5. The van der Waals surface area contributed by atoms with Crippen molar-refractivity contribution < 1.29 is 0 Å². The van der Waals surface area contributed by atoms with Crippen LogP contribution in [0.4, 0.5) is 0 Å². The first-order valence-electron chi connectivity index (χ1n) is 17.3. The highest BCUT2D eigenvalue weighted by molar-refractivity contribution is 6.15. The molecule has 4 heteroatoms. The Morgan fingerprint density at radius 1 is 0.333 bits per heavy atom. The van der Waals surface area contributed by atoms with E-state index >= 15 is 0 Å². The molecule has 0 fully saturated rings. The smallest absolute Gasteiger partial charge is 0.164 e. The van der Waals surface area contributed by atoms with E-state index in [1.165, 1.54) is 54.8 Å². The van der Waals surface area contributed by atoms with Crippen molar-refractivity contribution in [2.24, 2.45) is 0 Å². The van der Waals surface area contributed by atoms with E-state index in [4.69, 9.17) is 15.0 Å². The number of benzene rings is 8. The fraction of sp³-hybridized carbons (Fsp3) is 0. The van der Waals surface area contributed by atoms with Gasteiger partial charge in [-0.2, -0.15) is 0 Å². The van der Waals surface area contributed by atoms with Crippen LogP contribution in [-0.2, 0) is 0 Å². The van der Waals surface area contributed by atoms with Crippen molar-refractivity contribution in [3.05, 3.63) is 170 Å². The third kappa shape index (κ3) is 4.23. The Morgan fingerprint density at radius 3 is 1.69 bits per heavy atom. The van der Waals surface area contributed by atoms with Gasteiger partial charge in [0.1, 0.15) is 0 Å². The summed E-state index contributed by atoms with van der Waals surface area (Å²) in [4.78, 5) is 15.4. The first-order chi connectivity index (χ1) is 25.3. The van der Waals surface area contributed by atoms with Crippen LogP contribution in [0.25, 0.3) is 105 Å². The second kappa shape index (κ2) is 10.8. The van der Waals surface area contributed by atoms with Crippen LogP contribution < -0.4 is 0 Å². The summed E-state index contributed by atoms with van der Waals surface area (Å²) >= 11 is 0. The Hall–Kier alpha value is -6.91. The Bertz CT molecular complexity index is 2970. The summed E-state index contributed by atoms with van der Waals surface area (Å²) in [6, 6.07) is 60.3. The molecule has 10 aromatic rings. The highest BCUT2D eigenvalue weighted by Crippen LogP contribution is 2.48. The van der Waals surface area contributed by atoms with Crippen LogP contribution in [0.5, 0.6) is 0 Å². The largest absolute Gasteiger partial charge is 0.309 e. The average Bonchev–Trinajstić information content (AvgIpc) is 3.71. The van der Waals surface area contributed by atoms with Gasteiger partial charge in [0.25, 0.3) is 0 Å². The molecule has 51 heavy (non-hydrogen) atoms. The quantitative estimate of drug-likeness (QED) is 0.191. The van der Waals surface area contributed by atoms with E-state index in [2.05, 4.69) is 156 Å². The van der Waals surface area contributed by atoms with E-state index < -0.39 is 0 Å². The van der Waals surface area contributed by atoms with Crippen molar-refractivity contribution >= 4 is 43.4 Å². The van der Waals surface area contributed by atoms with Crippen molar-refractivity contribution in [2.45, 2.75) is 0 Å². The predicted molar refractivity (Wildman–Crippen MR) is 210 cm³/mol. The van der Waals surface area contributed by atoms with Crippen LogP contribution in [0.2, 0.25) is 0 Å². The molecule has 2 heterocycles. The molecule has 236 valence electrons. The van der Waals surface area contributed by atoms with Crippen LogP contribution in [-0.4, -0.2) is 19.5 Å². The highest BCUT2D eigenvalue weighted by Gasteiger charge is 2.23. The SMILES string of the molecule is c1ccc(-c2nc(-c3ccc4c(c3)-c3cccc5cccc-4c35)nc(-c3cccc4cc(-n5c6ccccc6c6ccccc65)ccc34)n2)cc1. The number of para-hydroxylation sites is 2. The monoisotopic (exact) mass is 648 g/mol. The Balaban J connectivity index is 1.09. The molecule has 0 unspecified atom stereocenters. The molecular formula is C47H28N4. The van der Waals surface area contributed by atoms with Gasteiger partial charge in [0.2, 0.25) is 0 Å². The normalized spacial score (nSPS) is 11.9. The van der Waals surface area contributed by atoms with Crippen LogP contribution >= 0.6 is 0 Å². The van der Waals surface area contributed by atoms with Gasteiger partial charge in [0, 0.05) is 33.2 Å². The van der Waals surface area contributed by atoms with E-state index in [0.717, 1.165) is 33.2 Å². The van der Waals surface area contributed by atoms with Crippen LogP contribution in [0.3, 0.4) is 0 Å². The molecule has 1 aliphatic carbocycles. The molecule has 4 nitrogen and oxygen atoms in total. The van der Waals surface area contributed by atoms with Gasteiger partial charge in [0.05, 0.1) is 11.0 Å². The molecule has 0 radical (unpaired) electrons. The van der Waals surface area contributed by atoms with E-state index in [1.54, 1.807) is 0 Å². The van der Waals surface area contributed by atoms with Gasteiger partial charge in [0.15, 0.2) is 17.5 Å². The van der Waals surface area contributed by atoms with Gasteiger partial charge in [-0.15, -0.1) is 0 Å². The molecule has 0 saturated heterocycles. The van der Waals surface area contributed by atoms with Crippen LogP contribution in [0.1, 0.15) is 0 Å². The lowest BCUT2D eigenvalue weighted by atomic mass is 10.0.